The van der Waals surface area contributed by atoms with Gasteiger partial charge in [-0.25, -0.2) is 0 Å². The lowest BCUT2D eigenvalue weighted by molar-refractivity contribution is 0.298. The van der Waals surface area contributed by atoms with Crippen molar-refractivity contribution in [2.75, 3.05) is 6.54 Å². The van der Waals surface area contributed by atoms with Crippen LogP contribution in [0, 0.1) is 6.92 Å². The van der Waals surface area contributed by atoms with Crippen LogP contribution < -0.4 is 5.73 Å². The third kappa shape index (κ3) is 2.23. The molecule has 1 heteroatoms. The molecule has 0 aromatic heterocycles. The number of aryl methyl sites for hydroxylation is 1. The van der Waals surface area contributed by atoms with Crippen molar-refractivity contribution in [2.45, 2.75) is 70.1 Å². The maximum Gasteiger partial charge on any atom is 0.00783 e. The van der Waals surface area contributed by atoms with Gasteiger partial charge >= 0.3 is 0 Å². The van der Waals surface area contributed by atoms with E-state index in [4.69, 9.17) is 5.73 Å². The Labute approximate surface area is 117 Å². The van der Waals surface area contributed by atoms with Crippen LogP contribution in [0.1, 0.15) is 67.2 Å². The molecule has 0 heterocycles. The summed E-state index contributed by atoms with van der Waals surface area (Å²) in [6, 6.07) is 4.77. The molecule has 104 valence electrons. The van der Waals surface area contributed by atoms with Gasteiger partial charge < -0.3 is 5.73 Å². The number of rotatable bonds is 2. The first-order chi connectivity index (χ1) is 9.27. The Morgan fingerprint density at radius 2 is 1.63 bits per heavy atom. The summed E-state index contributed by atoms with van der Waals surface area (Å²) in [4.78, 5) is 0. The third-order valence-corrected chi connectivity index (χ3v) is 5.54. The number of hydrogen-bond acceptors (Lipinski definition) is 1. The summed E-state index contributed by atoms with van der Waals surface area (Å²) in [5.74, 6) is 0. The van der Waals surface area contributed by atoms with Crippen LogP contribution in [0.4, 0.5) is 0 Å². The molecule has 1 saturated carbocycles. The van der Waals surface area contributed by atoms with Gasteiger partial charge in [0.25, 0.3) is 0 Å². The molecule has 0 amide bonds. The molecule has 2 aliphatic carbocycles. The van der Waals surface area contributed by atoms with Crippen LogP contribution in [0.2, 0.25) is 0 Å². The van der Waals surface area contributed by atoms with Crippen LogP contribution in [0.5, 0.6) is 0 Å². The second kappa shape index (κ2) is 5.28. The van der Waals surface area contributed by atoms with Crippen LogP contribution >= 0.6 is 0 Å². The fourth-order valence-corrected chi connectivity index (χ4v) is 4.36. The fraction of sp³-hybridized carbons (Fsp3) is 0.667. The van der Waals surface area contributed by atoms with E-state index < -0.39 is 0 Å². The zero-order chi connectivity index (χ0) is 13.3. The third-order valence-electron chi connectivity index (χ3n) is 5.54. The SMILES string of the molecule is Cc1ccc(C2(CN)CCCCC2)c2c1CCCC2. The predicted molar refractivity (Wildman–Crippen MR) is 81.6 cm³/mol. The molecule has 0 saturated heterocycles. The molecule has 0 radical (unpaired) electrons. The van der Waals surface area contributed by atoms with Crippen LogP contribution in [0.15, 0.2) is 12.1 Å². The molecule has 0 spiro atoms. The van der Waals surface area contributed by atoms with Gasteiger partial charge in [0.05, 0.1) is 0 Å². The molecular weight excluding hydrogens is 230 g/mol. The molecule has 3 rings (SSSR count). The molecule has 2 N–H and O–H groups in total. The standard InChI is InChI=1S/C18H27N/c1-14-9-10-17(16-8-4-3-7-15(14)16)18(13-19)11-5-2-6-12-18/h9-10H,2-8,11-13,19H2,1H3. The first-order valence-electron chi connectivity index (χ1n) is 8.09. The van der Waals surface area contributed by atoms with Crippen molar-refractivity contribution in [3.8, 4) is 0 Å². The molecule has 0 bridgehead atoms. The maximum atomic E-state index is 6.24. The molecule has 1 fully saturated rings. The van der Waals surface area contributed by atoms with E-state index in [1.54, 1.807) is 16.7 Å². The molecule has 1 nitrogen and oxygen atoms in total. The lowest BCUT2D eigenvalue weighted by Gasteiger charge is -2.40. The summed E-state index contributed by atoms with van der Waals surface area (Å²) in [5, 5.41) is 0. The smallest absolute Gasteiger partial charge is 0.00783 e. The summed E-state index contributed by atoms with van der Waals surface area (Å²) >= 11 is 0. The Hall–Kier alpha value is -0.820. The highest BCUT2D eigenvalue weighted by atomic mass is 14.6. The van der Waals surface area contributed by atoms with Crippen LogP contribution in [0.3, 0.4) is 0 Å². The number of hydrogen-bond donors (Lipinski definition) is 1. The Balaban J connectivity index is 2.08. The summed E-state index contributed by atoms with van der Waals surface area (Å²) in [7, 11) is 0. The van der Waals surface area contributed by atoms with Gasteiger partial charge in [0.2, 0.25) is 0 Å². The summed E-state index contributed by atoms with van der Waals surface area (Å²) in [6.45, 7) is 3.12. The molecular formula is C18H27N. The molecule has 0 unspecified atom stereocenters. The maximum absolute atomic E-state index is 6.24. The summed E-state index contributed by atoms with van der Waals surface area (Å²) in [6.07, 6.45) is 12.0. The van der Waals surface area contributed by atoms with Crippen molar-refractivity contribution in [3.05, 3.63) is 34.4 Å². The highest BCUT2D eigenvalue weighted by Gasteiger charge is 2.35. The highest BCUT2D eigenvalue weighted by molar-refractivity contribution is 5.46. The van der Waals surface area contributed by atoms with Crippen LogP contribution in [0.25, 0.3) is 0 Å². The second-order valence-corrected chi connectivity index (χ2v) is 6.64. The fourth-order valence-electron chi connectivity index (χ4n) is 4.36. The Kier molecular flexibility index (Phi) is 3.66. The Morgan fingerprint density at radius 1 is 0.947 bits per heavy atom. The lowest BCUT2D eigenvalue weighted by atomic mass is 9.66. The average Bonchev–Trinajstić information content (AvgIpc) is 2.48. The molecule has 1 aromatic carbocycles. The highest BCUT2D eigenvalue weighted by Crippen LogP contribution is 2.42. The van der Waals surface area contributed by atoms with Crippen molar-refractivity contribution in [3.63, 3.8) is 0 Å². The van der Waals surface area contributed by atoms with E-state index in [-0.39, 0.29) is 0 Å². The molecule has 1 aromatic rings. The second-order valence-electron chi connectivity index (χ2n) is 6.64. The summed E-state index contributed by atoms with van der Waals surface area (Å²) < 4.78 is 0. The number of nitrogens with two attached hydrogens (primary N) is 1. The molecule has 19 heavy (non-hydrogen) atoms. The van der Waals surface area contributed by atoms with Crippen molar-refractivity contribution in [1.82, 2.24) is 0 Å². The normalized spacial score (nSPS) is 22.0. The Bertz CT molecular complexity index is 455. The molecule has 0 atom stereocenters. The zero-order valence-electron chi connectivity index (χ0n) is 12.3. The predicted octanol–water partition coefficient (Wildman–Crippen LogP) is 4.03. The summed E-state index contributed by atoms with van der Waals surface area (Å²) in [5.41, 5.74) is 13.0. The van der Waals surface area contributed by atoms with E-state index in [0.717, 1.165) is 6.54 Å². The number of fused-ring (bicyclic) bond motifs is 1. The molecule has 2 aliphatic rings. The first-order valence-corrected chi connectivity index (χ1v) is 8.09. The average molecular weight is 257 g/mol. The largest absolute Gasteiger partial charge is 0.330 e. The van der Waals surface area contributed by atoms with Gasteiger partial charge in [-0.3, -0.25) is 0 Å². The van der Waals surface area contributed by atoms with Crippen molar-refractivity contribution in [1.29, 1.82) is 0 Å². The minimum Gasteiger partial charge on any atom is -0.330 e. The topological polar surface area (TPSA) is 26.0 Å². The van der Waals surface area contributed by atoms with E-state index in [1.165, 1.54) is 63.4 Å². The van der Waals surface area contributed by atoms with Crippen LogP contribution in [-0.2, 0) is 18.3 Å². The Morgan fingerprint density at radius 3 is 2.32 bits per heavy atom. The van der Waals surface area contributed by atoms with Gasteiger partial charge in [-0.1, -0.05) is 31.4 Å². The quantitative estimate of drug-likeness (QED) is 0.850. The first kappa shape index (κ1) is 13.2. The van der Waals surface area contributed by atoms with Gasteiger partial charge in [0.15, 0.2) is 0 Å². The zero-order valence-corrected chi connectivity index (χ0v) is 12.3. The van der Waals surface area contributed by atoms with E-state index >= 15 is 0 Å². The number of benzene rings is 1. The van der Waals surface area contributed by atoms with Gasteiger partial charge in [0.1, 0.15) is 0 Å². The lowest BCUT2D eigenvalue weighted by Crippen LogP contribution is -2.38. The molecule has 0 aliphatic heterocycles. The van der Waals surface area contributed by atoms with Crippen LogP contribution in [-0.4, -0.2) is 6.54 Å². The van der Waals surface area contributed by atoms with Gasteiger partial charge in [-0.05, 0) is 67.7 Å². The van der Waals surface area contributed by atoms with Crippen molar-refractivity contribution >= 4 is 0 Å². The van der Waals surface area contributed by atoms with Gasteiger partial charge in [-0.15, -0.1) is 0 Å². The van der Waals surface area contributed by atoms with E-state index in [9.17, 15) is 0 Å². The minimum absolute atomic E-state index is 0.299. The minimum atomic E-state index is 0.299. The van der Waals surface area contributed by atoms with Crippen molar-refractivity contribution in [2.24, 2.45) is 5.73 Å². The van der Waals surface area contributed by atoms with E-state index in [0.29, 0.717) is 5.41 Å². The van der Waals surface area contributed by atoms with Gasteiger partial charge in [-0.2, -0.15) is 0 Å². The van der Waals surface area contributed by atoms with Gasteiger partial charge in [0, 0.05) is 12.0 Å². The van der Waals surface area contributed by atoms with E-state index in [2.05, 4.69) is 19.1 Å². The van der Waals surface area contributed by atoms with E-state index in [1.807, 2.05) is 0 Å². The monoisotopic (exact) mass is 257 g/mol. The van der Waals surface area contributed by atoms with Crippen molar-refractivity contribution < 1.29 is 0 Å².